The lowest BCUT2D eigenvalue weighted by molar-refractivity contribution is 0.0795. The fourth-order valence-electron chi connectivity index (χ4n) is 2.63. The Bertz CT molecular complexity index is 657. The van der Waals surface area contributed by atoms with Crippen molar-refractivity contribution in [3.05, 3.63) is 54.4 Å². The molecule has 2 aromatic rings. The van der Waals surface area contributed by atoms with Gasteiger partial charge < -0.3 is 9.64 Å². The molecule has 1 aromatic heterocycles. The van der Waals surface area contributed by atoms with Gasteiger partial charge in [-0.3, -0.25) is 9.78 Å². The first-order chi connectivity index (χ1) is 11.2. The molecule has 2 heterocycles. The van der Waals surface area contributed by atoms with E-state index in [-0.39, 0.29) is 5.91 Å². The molecule has 1 amide bonds. The number of benzene rings is 1. The highest BCUT2D eigenvalue weighted by atomic mass is 32.2. The van der Waals surface area contributed by atoms with Gasteiger partial charge in [-0.15, -0.1) is 0 Å². The number of carbonyl (C=O) groups is 1. The van der Waals surface area contributed by atoms with Crippen LogP contribution in [0, 0.1) is 0 Å². The molecule has 120 valence electrons. The van der Waals surface area contributed by atoms with Crippen LogP contribution in [0.15, 0.2) is 48.8 Å². The third kappa shape index (κ3) is 4.26. The topological polar surface area (TPSA) is 42.4 Å². The predicted octanol–water partition coefficient (Wildman–Crippen LogP) is 3.84. The van der Waals surface area contributed by atoms with Gasteiger partial charge in [-0.25, -0.2) is 0 Å². The average molecular weight is 328 g/mol. The van der Waals surface area contributed by atoms with Crippen molar-refractivity contribution in [1.29, 1.82) is 0 Å². The quantitative estimate of drug-likeness (QED) is 0.836. The van der Waals surface area contributed by atoms with Crippen molar-refractivity contribution in [3.63, 3.8) is 0 Å². The number of amides is 1. The average Bonchev–Trinajstić information content (AvgIpc) is 3.08. The predicted molar refractivity (Wildman–Crippen MR) is 93.2 cm³/mol. The molecule has 1 aliphatic rings. The molecule has 1 unspecified atom stereocenters. The normalized spacial score (nSPS) is 17.0. The summed E-state index contributed by atoms with van der Waals surface area (Å²) >= 11 is 1.96. The number of ether oxygens (including phenoxy) is 1. The molecule has 0 spiro atoms. The van der Waals surface area contributed by atoms with Gasteiger partial charge in [-0.1, -0.05) is 6.07 Å². The van der Waals surface area contributed by atoms with E-state index in [1.54, 1.807) is 30.6 Å². The van der Waals surface area contributed by atoms with Gasteiger partial charge in [0.1, 0.15) is 11.5 Å². The number of thioether (sulfide) groups is 1. The third-order valence-electron chi connectivity index (χ3n) is 3.81. The van der Waals surface area contributed by atoms with Crippen molar-refractivity contribution in [1.82, 2.24) is 9.88 Å². The summed E-state index contributed by atoms with van der Waals surface area (Å²) < 4.78 is 5.77. The Morgan fingerprint density at radius 1 is 1.30 bits per heavy atom. The van der Waals surface area contributed by atoms with Crippen molar-refractivity contribution in [2.75, 3.05) is 19.3 Å². The lowest BCUT2D eigenvalue weighted by Gasteiger charge is -2.21. The Morgan fingerprint density at radius 3 is 2.87 bits per heavy atom. The molecule has 1 fully saturated rings. The summed E-state index contributed by atoms with van der Waals surface area (Å²) in [6.07, 6.45) is 5.81. The van der Waals surface area contributed by atoms with Crippen LogP contribution in [0.4, 0.5) is 0 Å². The monoisotopic (exact) mass is 328 g/mol. The highest BCUT2D eigenvalue weighted by Gasteiger charge is 2.20. The van der Waals surface area contributed by atoms with E-state index >= 15 is 0 Å². The smallest absolute Gasteiger partial charge is 0.253 e. The third-order valence-corrected chi connectivity index (χ3v) is 5.20. The van der Waals surface area contributed by atoms with Crippen LogP contribution in [-0.2, 0) is 0 Å². The largest absolute Gasteiger partial charge is 0.457 e. The first-order valence-electron chi connectivity index (χ1n) is 7.77. The van der Waals surface area contributed by atoms with E-state index < -0.39 is 0 Å². The highest BCUT2D eigenvalue weighted by Crippen LogP contribution is 2.27. The van der Waals surface area contributed by atoms with Crippen LogP contribution in [0.1, 0.15) is 23.2 Å². The Hall–Kier alpha value is -2.01. The molecule has 0 N–H and O–H groups in total. The number of pyridine rings is 1. The van der Waals surface area contributed by atoms with E-state index in [9.17, 15) is 4.79 Å². The maximum atomic E-state index is 12.6. The van der Waals surface area contributed by atoms with E-state index in [1.165, 1.54) is 18.6 Å². The molecule has 5 heteroatoms. The van der Waals surface area contributed by atoms with Crippen LogP contribution in [0.2, 0.25) is 0 Å². The second-order valence-electron chi connectivity index (χ2n) is 5.63. The summed E-state index contributed by atoms with van der Waals surface area (Å²) in [6.45, 7) is 0.805. The van der Waals surface area contributed by atoms with Gasteiger partial charge in [0.2, 0.25) is 0 Å². The molecule has 0 bridgehead atoms. The van der Waals surface area contributed by atoms with E-state index in [0.29, 0.717) is 22.3 Å². The molecule has 0 radical (unpaired) electrons. The minimum absolute atomic E-state index is 0.0395. The minimum atomic E-state index is 0.0395. The number of hydrogen-bond donors (Lipinski definition) is 0. The van der Waals surface area contributed by atoms with Crippen molar-refractivity contribution >= 4 is 17.7 Å². The van der Waals surface area contributed by atoms with Gasteiger partial charge in [-0.05, 0) is 48.9 Å². The summed E-state index contributed by atoms with van der Waals surface area (Å²) in [5.41, 5.74) is 0.655. The number of carbonyl (C=O) groups excluding carboxylic acids is 1. The summed E-state index contributed by atoms with van der Waals surface area (Å²) in [5.74, 6) is 2.62. The molecule has 23 heavy (non-hydrogen) atoms. The van der Waals surface area contributed by atoms with Crippen molar-refractivity contribution in [2.24, 2.45) is 0 Å². The van der Waals surface area contributed by atoms with Crippen molar-refractivity contribution in [2.45, 2.75) is 18.1 Å². The second-order valence-corrected chi connectivity index (χ2v) is 7.04. The van der Waals surface area contributed by atoms with Gasteiger partial charge in [0.15, 0.2) is 0 Å². The molecule has 3 rings (SSSR count). The Labute approximate surface area is 140 Å². The number of rotatable bonds is 5. The van der Waals surface area contributed by atoms with E-state index in [4.69, 9.17) is 4.74 Å². The molecule has 1 saturated heterocycles. The fourth-order valence-corrected chi connectivity index (χ4v) is 3.96. The lowest BCUT2D eigenvalue weighted by Crippen LogP contribution is -2.32. The summed E-state index contributed by atoms with van der Waals surface area (Å²) in [5, 5.41) is 0.570. The minimum Gasteiger partial charge on any atom is -0.457 e. The fraction of sp³-hybridized carbons (Fsp3) is 0.333. The standard InChI is InChI=1S/C18H20N2O2S/c1-20(13-17-6-3-11-23-17)18(21)14-4-2-5-16(12-14)22-15-7-9-19-10-8-15/h2,4-5,7-10,12,17H,3,6,11,13H2,1H3. The van der Waals surface area contributed by atoms with Crippen LogP contribution in [0.25, 0.3) is 0 Å². The zero-order valence-electron chi connectivity index (χ0n) is 13.1. The number of nitrogens with zero attached hydrogens (tertiary/aromatic N) is 2. The molecule has 0 aliphatic carbocycles. The highest BCUT2D eigenvalue weighted by molar-refractivity contribution is 8.00. The molecule has 1 atom stereocenters. The Morgan fingerprint density at radius 2 is 2.13 bits per heavy atom. The van der Waals surface area contributed by atoms with Gasteiger partial charge >= 0.3 is 0 Å². The van der Waals surface area contributed by atoms with Gasteiger partial charge in [0, 0.05) is 36.8 Å². The van der Waals surface area contributed by atoms with E-state index in [1.807, 2.05) is 41.9 Å². The van der Waals surface area contributed by atoms with Crippen molar-refractivity contribution < 1.29 is 9.53 Å². The number of hydrogen-bond acceptors (Lipinski definition) is 4. The van der Waals surface area contributed by atoms with Gasteiger partial charge in [0.25, 0.3) is 5.91 Å². The maximum absolute atomic E-state index is 12.6. The molecule has 1 aromatic carbocycles. The van der Waals surface area contributed by atoms with E-state index in [0.717, 1.165) is 6.54 Å². The van der Waals surface area contributed by atoms with Crippen LogP contribution < -0.4 is 4.74 Å². The molecule has 4 nitrogen and oxygen atoms in total. The van der Waals surface area contributed by atoms with Gasteiger partial charge in [-0.2, -0.15) is 11.8 Å². The second kappa shape index (κ2) is 7.51. The van der Waals surface area contributed by atoms with Gasteiger partial charge in [0.05, 0.1) is 0 Å². The molecule has 0 saturated carbocycles. The van der Waals surface area contributed by atoms with Crippen molar-refractivity contribution in [3.8, 4) is 11.5 Å². The maximum Gasteiger partial charge on any atom is 0.253 e. The summed E-state index contributed by atoms with van der Waals surface area (Å²) in [7, 11) is 1.87. The number of aromatic nitrogens is 1. The zero-order valence-corrected chi connectivity index (χ0v) is 14.0. The van der Waals surface area contributed by atoms with Crippen LogP contribution in [0.5, 0.6) is 11.5 Å². The SMILES string of the molecule is CN(CC1CCCS1)C(=O)c1cccc(Oc2ccncc2)c1. The van der Waals surface area contributed by atoms with Crippen LogP contribution in [-0.4, -0.2) is 40.4 Å². The summed E-state index contributed by atoms with van der Waals surface area (Å²) in [4.78, 5) is 18.4. The Kier molecular flexibility index (Phi) is 5.18. The van der Waals surface area contributed by atoms with Crippen LogP contribution in [0.3, 0.4) is 0 Å². The molecular formula is C18H20N2O2S. The molecule has 1 aliphatic heterocycles. The first-order valence-corrected chi connectivity index (χ1v) is 8.82. The lowest BCUT2D eigenvalue weighted by atomic mass is 10.1. The Balaban J connectivity index is 1.67. The van der Waals surface area contributed by atoms with E-state index in [2.05, 4.69) is 4.98 Å². The first kappa shape index (κ1) is 15.9. The molecular weight excluding hydrogens is 308 g/mol. The zero-order chi connectivity index (χ0) is 16.1. The summed E-state index contributed by atoms with van der Waals surface area (Å²) in [6, 6.07) is 10.9. The van der Waals surface area contributed by atoms with Crippen LogP contribution >= 0.6 is 11.8 Å².